The molecule has 3 aromatic rings. The Bertz CT molecular complexity index is 1320. The summed E-state index contributed by atoms with van der Waals surface area (Å²) in [5.41, 5.74) is 2.08. The van der Waals surface area contributed by atoms with Gasteiger partial charge >= 0.3 is 0 Å². The molecule has 1 amide bonds. The molecule has 196 valence electrons. The van der Waals surface area contributed by atoms with Crippen molar-refractivity contribution in [3.05, 3.63) is 90.0 Å². The molecular formula is C30H36N2O4S. The van der Waals surface area contributed by atoms with E-state index in [4.69, 9.17) is 4.74 Å². The van der Waals surface area contributed by atoms with Gasteiger partial charge in [0, 0.05) is 12.0 Å². The minimum absolute atomic E-state index is 0.142. The normalized spacial score (nSPS) is 16.5. The SMILES string of the molecule is CCC1(CC)C[C@@H](NC(=O)CN(c2ccc(C(C)C)cc2)S(=O)(=O)c2ccccc2)c2ccccc2O1. The van der Waals surface area contributed by atoms with Crippen molar-refractivity contribution >= 4 is 21.6 Å². The molecule has 0 unspecified atom stereocenters. The van der Waals surface area contributed by atoms with E-state index in [-0.39, 0.29) is 29.0 Å². The highest BCUT2D eigenvalue weighted by Crippen LogP contribution is 2.42. The zero-order chi connectivity index (χ0) is 26.6. The number of hydrogen-bond donors (Lipinski definition) is 1. The third kappa shape index (κ3) is 5.67. The second-order valence-corrected chi connectivity index (χ2v) is 11.8. The summed E-state index contributed by atoms with van der Waals surface area (Å²) < 4.78 is 35.0. The summed E-state index contributed by atoms with van der Waals surface area (Å²) in [6.07, 6.45) is 2.24. The fraction of sp³-hybridized carbons (Fsp3) is 0.367. The minimum Gasteiger partial charge on any atom is -0.487 e. The average molecular weight is 521 g/mol. The smallest absolute Gasteiger partial charge is 0.264 e. The third-order valence-corrected chi connectivity index (χ3v) is 9.08. The minimum atomic E-state index is -3.97. The maximum absolute atomic E-state index is 13.7. The Morgan fingerprint density at radius 2 is 1.59 bits per heavy atom. The summed E-state index contributed by atoms with van der Waals surface area (Å²) in [5.74, 6) is 0.707. The average Bonchev–Trinajstić information content (AvgIpc) is 2.92. The van der Waals surface area contributed by atoms with Crippen LogP contribution >= 0.6 is 0 Å². The van der Waals surface area contributed by atoms with Gasteiger partial charge in [-0.1, -0.05) is 76.2 Å². The van der Waals surface area contributed by atoms with Gasteiger partial charge in [-0.15, -0.1) is 0 Å². The van der Waals surface area contributed by atoms with Gasteiger partial charge in [0.1, 0.15) is 17.9 Å². The van der Waals surface area contributed by atoms with Crippen molar-refractivity contribution in [3.63, 3.8) is 0 Å². The van der Waals surface area contributed by atoms with Crippen LogP contribution in [0.15, 0.2) is 83.8 Å². The Balaban J connectivity index is 1.65. The van der Waals surface area contributed by atoms with E-state index in [0.29, 0.717) is 18.0 Å². The molecule has 4 rings (SSSR count). The number of sulfonamides is 1. The first-order valence-corrected chi connectivity index (χ1v) is 14.4. The van der Waals surface area contributed by atoms with E-state index in [1.54, 1.807) is 42.5 Å². The summed E-state index contributed by atoms with van der Waals surface area (Å²) >= 11 is 0. The number of hydrogen-bond acceptors (Lipinski definition) is 4. The zero-order valence-electron chi connectivity index (χ0n) is 22.0. The van der Waals surface area contributed by atoms with Crippen LogP contribution in [0.5, 0.6) is 5.75 Å². The number of carbonyl (C=O) groups is 1. The summed E-state index contributed by atoms with van der Waals surface area (Å²) in [5, 5.41) is 3.13. The van der Waals surface area contributed by atoms with Gasteiger partial charge in [0.2, 0.25) is 5.91 Å². The molecule has 0 saturated carbocycles. The van der Waals surface area contributed by atoms with Crippen LogP contribution in [0.25, 0.3) is 0 Å². The zero-order valence-corrected chi connectivity index (χ0v) is 22.8. The first kappa shape index (κ1) is 26.7. The first-order chi connectivity index (χ1) is 17.7. The van der Waals surface area contributed by atoms with Crippen molar-refractivity contribution in [2.24, 2.45) is 0 Å². The Hall–Kier alpha value is -3.32. The third-order valence-electron chi connectivity index (χ3n) is 7.29. The van der Waals surface area contributed by atoms with E-state index < -0.39 is 10.0 Å². The van der Waals surface area contributed by atoms with Crippen LogP contribution in [0, 0.1) is 0 Å². The topological polar surface area (TPSA) is 75.7 Å². The van der Waals surface area contributed by atoms with Crippen LogP contribution < -0.4 is 14.4 Å². The number of benzene rings is 3. The van der Waals surface area contributed by atoms with Crippen molar-refractivity contribution < 1.29 is 17.9 Å². The molecule has 7 heteroatoms. The molecule has 1 aliphatic rings. The summed E-state index contributed by atoms with van der Waals surface area (Å²) in [6.45, 7) is 8.01. The fourth-order valence-electron chi connectivity index (χ4n) is 4.86. The van der Waals surface area contributed by atoms with Crippen molar-refractivity contribution in [2.45, 2.75) is 69.4 Å². The number of nitrogens with one attached hydrogen (secondary N) is 1. The van der Waals surface area contributed by atoms with E-state index in [0.717, 1.165) is 29.7 Å². The Labute approximate surface area is 220 Å². The van der Waals surface area contributed by atoms with Crippen LogP contribution in [0.4, 0.5) is 5.69 Å². The molecule has 0 aliphatic carbocycles. The molecule has 1 N–H and O–H groups in total. The molecule has 0 spiro atoms. The lowest BCUT2D eigenvalue weighted by molar-refractivity contribution is -0.121. The molecule has 0 bridgehead atoms. The van der Waals surface area contributed by atoms with Crippen LogP contribution in [0.3, 0.4) is 0 Å². The lowest BCUT2D eigenvalue weighted by atomic mass is 9.83. The second-order valence-electron chi connectivity index (χ2n) is 9.93. The highest BCUT2D eigenvalue weighted by Gasteiger charge is 2.39. The van der Waals surface area contributed by atoms with Gasteiger partial charge < -0.3 is 10.1 Å². The molecule has 37 heavy (non-hydrogen) atoms. The molecule has 1 aliphatic heterocycles. The van der Waals surface area contributed by atoms with E-state index >= 15 is 0 Å². The standard InChI is InChI=1S/C30H36N2O4S/c1-5-30(6-2)20-27(26-14-10-11-15-28(26)36-30)31-29(33)21-32(24-18-16-23(17-19-24)22(3)4)37(34,35)25-12-8-7-9-13-25/h7-19,22,27H,5-6,20-21H2,1-4H3,(H,31,33)/t27-/m1/s1. The lowest BCUT2D eigenvalue weighted by Gasteiger charge is -2.41. The number of amides is 1. The first-order valence-electron chi connectivity index (χ1n) is 12.9. The van der Waals surface area contributed by atoms with Gasteiger partial charge in [-0.2, -0.15) is 0 Å². The highest BCUT2D eigenvalue weighted by molar-refractivity contribution is 7.92. The molecule has 3 aromatic carbocycles. The molecule has 0 fully saturated rings. The van der Waals surface area contributed by atoms with Crippen LogP contribution in [-0.2, 0) is 14.8 Å². The molecule has 0 aromatic heterocycles. The predicted octanol–water partition coefficient (Wildman–Crippen LogP) is 6.20. The fourth-order valence-corrected chi connectivity index (χ4v) is 6.30. The number of ether oxygens (including phenoxy) is 1. The van der Waals surface area contributed by atoms with Gasteiger partial charge in [-0.25, -0.2) is 8.42 Å². The van der Waals surface area contributed by atoms with Crippen LogP contribution in [0.1, 0.15) is 70.0 Å². The summed E-state index contributed by atoms with van der Waals surface area (Å²) in [7, 11) is -3.97. The van der Waals surface area contributed by atoms with Crippen LogP contribution in [-0.4, -0.2) is 26.5 Å². The number of fused-ring (bicyclic) bond motifs is 1. The van der Waals surface area contributed by atoms with Gasteiger partial charge in [0.05, 0.1) is 16.6 Å². The van der Waals surface area contributed by atoms with Gasteiger partial charge in [-0.05, 0) is 54.7 Å². The lowest BCUT2D eigenvalue weighted by Crippen LogP contribution is -2.47. The Kier molecular flexibility index (Phi) is 7.93. The molecule has 6 nitrogen and oxygen atoms in total. The quantitative estimate of drug-likeness (QED) is 0.364. The number of anilines is 1. The maximum Gasteiger partial charge on any atom is 0.264 e. The number of nitrogens with zero attached hydrogens (tertiary/aromatic N) is 1. The monoisotopic (exact) mass is 520 g/mol. The molecular weight excluding hydrogens is 484 g/mol. The van der Waals surface area contributed by atoms with Crippen molar-refractivity contribution in [1.82, 2.24) is 5.32 Å². The molecule has 1 heterocycles. The van der Waals surface area contributed by atoms with Crippen molar-refractivity contribution in [3.8, 4) is 5.75 Å². The molecule has 0 saturated heterocycles. The second kappa shape index (κ2) is 11.0. The van der Waals surface area contributed by atoms with Gasteiger partial charge in [-0.3, -0.25) is 9.10 Å². The van der Waals surface area contributed by atoms with Crippen molar-refractivity contribution in [1.29, 1.82) is 0 Å². The summed E-state index contributed by atoms with van der Waals surface area (Å²) in [4.78, 5) is 13.6. The number of para-hydroxylation sites is 1. The van der Waals surface area contributed by atoms with E-state index in [1.165, 1.54) is 4.31 Å². The van der Waals surface area contributed by atoms with E-state index in [1.807, 2.05) is 36.4 Å². The largest absolute Gasteiger partial charge is 0.487 e. The number of rotatable bonds is 9. The predicted molar refractivity (Wildman–Crippen MR) is 147 cm³/mol. The van der Waals surface area contributed by atoms with Crippen molar-refractivity contribution in [2.75, 3.05) is 10.8 Å². The van der Waals surface area contributed by atoms with E-state index in [9.17, 15) is 13.2 Å². The van der Waals surface area contributed by atoms with E-state index in [2.05, 4.69) is 33.0 Å². The highest BCUT2D eigenvalue weighted by atomic mass is 32.2. The van der Waals surface area contributed by atoms with Gasteiger partial charge in [0.15, 0.2) is 0 Å². The number of carbonyl (C=O) groups excluding carboxylic acids is 1. The maximum atomic E-state index is 13.7. The molecule has 1 atom stereocenters. The Morgan fingerprint density at radius 1 is 0.973 bits per heavy atom. The van der Waals surface area contributed by atoms with Crippen LogP contribution in [0.2, 0.25) is 0 Å². The van der Waals surface area contributed by atoms with Gasteiger partial charge in [0.25, 0.3) is 10.0 Å². The Morgan fingerprint density at radius 3 is 2.22 bits per heavy atom. The molecule has 0 radical (unpaired) electrons. The summed E-state index contributed by atoms with van der Waals surface area (Å²) in [6, 6.07) is 23.1.